The maximum absolute atomic E-state index is 13.4. The number of carbonyl (C=O) groups excluding carboxylic acids is 4. The first-order valence-corrected chi connectivity index (χ1v) is 11.8. The smallest absolute Gasteiger partial charge is 0.246 e. The Labute approximate surface area is 203 Å². The molecule has 0 aromatic carbocycles. The monoisotopic (exact) mass is 491 g/mol. The van der Waals surface area contributed by atoms with Gasteiger partial charge in [0.05, 0.1) is 13.1 Å². The summed E-state index contributed by atoms with van der Waals surface area (Å²) >= 11 is 0. The van der Waals surface area contributed by atoms with Gasteiger partial charge in [0, 0.05) is 42.5 Å². The average molecular weight is 492 g/mol. The second-order valence-electron chi connectivity index (χ2n) is 8.45. The quantitative estimate of drug-likeness (QED) is 0.151. The summed E-state index contributed by atoms with van der Waals surface area (Å²) in [5, 5.41) is 9.88. The maximum Gasteiger partial charge on any atom is 0.246 e. The fourth-order valence-corrected chi connectivity index (χ4v) is 4.46. The predicted octanol–water partition coefficient (Wildman–Crippen LogP) is 0.273. The van der Waals surface area contributed by atoms with Gasteiger partial charge in [-0.1, -0.05) is 10.2 Å². The Hall–Kier alpha value is -3.54. The summed E-state index contributed by atoms with van der Waals surface area (Å²) in [7, 11) is 0. The van der Waals surface area contributed by atoms with Gasteiger partial charge in [-0.05, 0) is 56.1 Å². The van der Waals surface area contributed by atoms with Crippen LogP contribution in [0.2, 0.25) is 0 Å². The summed E-state index contributed by atoms with van der Waals surface area (Å²) in [6.45, 7) is 1.85. The van der Waals surface area contributed by atoms with Crippen molar-refractivity contribution in [1.82, 2.24) is 20.0 Å². The number of amides is 4. The normalized spacial score (nSPS) is 19.1. The highest BCUT2D eigenvalue weighted by Crippen LogP contribution is 2.26. The number of nitrogens with one attached hydrogen (secondary N) is 1. The summed E-state index contributed by atoms with van der Waals surface area (Å²) in [6, 6.07) is -1.35. The van der Waals surface area contributed by atoms with Crippen molar-refractivity contribution < 1.29 is 19.2 Å². The van der Waals surface area contributed by atoms with Crippen molar-refractivity contribution in [3.05, 3.63) is 20.9 Å². The maximum atomic E-state index is 13.4. The topological polar surface area (TPSA) is 214 Å². The van der Waals surface area contributed by atoms with E-state index >= 15 is 0 Å². The van der Waals surface area contributed by atoms with Crippen molar-refractivity contribution >= 4 is 23.6 Å². The minimum absolute atomic E-state index is 0.0694. The van der Waals surface area contributed by atoms with E-state index < -0.39 is 18.0 Å². The fraction of sp³-hybridized carbons (Fsp3) is 0.800. The molecular formula is C20H33N11O4. The van der Waals surface area contributed by atoms with Gasteiger partial charge in [0.15, 0.2) is 0 Å². The second kappa shape index (κ2) is 14.7. The van der Waals surface area contributed by atoms with Gasteiger partial charge in [0.2, 0.25) is 23.6 Å². The van der Waals surface area contributed by atoms with Crippen molar-refractivity contribution in [2.75, 3.05) is 52.4 Å². The zero-order chi connectivity index (χ0) is 25.6. The van der Waals surface area contributed by atoms with E-state index in [2.05, 4.69) is 25.4 Å². The van der Waals surface area contributed by atoms with Crippen LogP contribution in [0.1, 0.15) is 38.5 Å². The summed E-state index contributed by atoms with van der Waals surface area (Å²) < 4.78 is 0. The van der Waals surface area contributed by atoms with Crippen LogP contribution in [0, 0.1) is 0 Å². The van der Waals surface area contributed by atoms with Crippen LogP contribution in [-0.4, -0.2) is 103 Å². The number of azide groups is 2. The molecular weight excluding hydrogens is 458 g/mol. The minimum atomic E-state index is -0.724. The van der Waals surface area contributed by atoms with E-state index in [1.165, 1.54) is 9.80 Å². The van der Waals surface area contributed by atoms with Gasteiger partial charge in [-0.25, -0.2) is 0 Å². The number of rotatable bonds is 14. The molecule has 2 rings (SSSR count). The Balaban J connectivity index is 2.00. The highest BCUT2D eigenvalue weighted by atomic mass is 16.2. The van der Waals surface area contributed by atoms with Crippen LogP contribution in [-0.2, 0) is 19.2 Å². The summed E-state index contributed by atoms with van der Waals surface area (Å²) in [6.07, 6.45) is 3.28. The number of hydrogen-bond donors (Lipinski definition) is 2. The second-order valence-corrected chi connectivity index (χ2v) is 8.45. The highest BCUT2D eigenvalue weighted by Gasteiger charge is 2.43. The summed E-state index contributed by atoms with van der Waals surface area (Å²) in [5.74, 6) is -1.49. The Morgan fingerprint density at radius 3 is 2.26 bits per heavy atom. The lowest BCUT2D eigenvalue weighted by Crippen LogP contribution is -2.55. The Bertz CT molecular complexity index is 869. The van der Waals surface area contributed by atoms with E-state index in [0.717, 1.165) is 0 Å². The lowest BCUT2D eigenvalue weighted by Gasteiger charge is -2.33. The Morgan fingerprint density at radius 1 is 0.971 bits per heavy atom. The molecule has 2 aliphatic rings. The molecule has 2 fully saturated rings. The third-order valence-electron chi connectivity index (χ3n) is 6.04. The number of carbonyl (C=O) groups is 4. The van der Waals surface area contributed by atoms with Crippen molar-refractivity contribution in [2.24, 2.45) is 16.0 Å². The standard InChI is InChI=1S/C20H33N11O4/c21-17(32)14-29(10-4-9-26-28-23)19(34)15-5-2-12-31(15)20(35)16-6-1-11-30(16)18(33)13-24-7-3-8-25-27-22/h15-16,24H,1-14H2,(H2,21,32)/t15-,16?/m0/s1. The summed E-state index contributed by atoms with van der Waals surface area (Å²) in [5.41, 5.74) is 22.0. The molecule has 4 amide bonds. The molecule has 0 aliphatic carbocycles. The van der Waals surface area contributed by atoms with E-state index in [1.54, 1.807) is 4.90 Å². The third kappa shape index (κ3) is 8.32. The molecule has 0 spiro atoms. The van der Waals surface area contributed by atoms with Gasteiger partial charge >= 0.3 is 0 Å². The van der Waals surface area contributed by atoms with Crippen LogP contribution < -0.4 is 11.1 Å². The van der Waals surface area contributed by atoms with Crippen LogP contribution in [0.25, 0.3) is 20.9 Å². The molecule has 0 saturated carbocycles. The van der Waals surface area contributed by atoms with Gasteiger partial charge in [-0.2, -0.15) is 0 Å². The van der Waals surface area contributed by atoms with E-state index in [-0.39, 0.29) is 43.9 Å². The third-order valence-corrected chi connectivity index (χ3v) is 6.04. The molecule has 0 bridgehead atoms. The molecule has 0 aromatic rings. The highest BCUT2D eigenvalue weighted by molar-refractivity contribution is 5.94. The number of primary amides is 1. The Kier molecular flexibility index (Phi) is 11.6. The molecule has 15 nitrogen and oxygen atoms in total. The largest absolute Gasteiger partial charge is 0.368 e. The SMILES string of the molecule is [N-]=[N+]=NCCCNCC(=O)N1CCCC1C(=O)N1CCC[C@H]1C(=O)N(CCCN=[N+]=[N-])CC(N)=O. The average Bonchev–Trinajstić information content (AvgIpc) is 3.52. The van der Waals surface area contributed by atoms with Crippen LogP contribution in [0.3, 0.4) is 0 Å². The van der Waals surface area contributed by atoms with E-state index in [0.29, 0.717) is 64.7 Å². The zero-order valence-electron chi connectivity index (χ0n) is 19.8. The first-order valence-electron chi connectivity index (χ1n) is 11.8. The van der Waals surface area contributed by atoms with E-state index in [4.69, 9.17) is 16.8 Å². The molecule has 2 aliphatic heterocycles. The molecule has 2 atom stereocenters. The van der Waals surface area contributed by atoms with Crippen molar-refractivity contribution in [3.8, 4) is 0 Å². The number of likely N-dealkylation sites (tertiary alicyclic amines) is 2. The molecule has 1 unspecified atom stereocenters. The van der Waals surface area contributed by atoms with Crippen molar-refractivity contribution in [1.29, 1.82) is 0 Å². The first kappa shape index (κ1) is 27.7. The fourth-order valence-electron chi connectivity index (χ4n) is 4.46. The lowest BCUT2D eigenvalue weighted by atomic mass is 10.1. The molecule has 192 valence electrons. The van der Waals surface area contributed by atoms with Crippen LogP contribution in [0.15, 0.2) is 10.2 Å². The lowest BCUT2D eigenvalue weighted by molar-refractivity contribution is -0.149. The molecule has 0 radical (unpaired) electrons. The number of nitrogens with two attached hydrogens (primary N) is 1. The molecule has 15 heteroatoms. The van der Waals surface area contributed by atoms with Crippen molar-refractivity contribution in [3.63, 3.8) is 0 Å². The van der Waals surface area contributed by atoms with E-state index in [9.17, 15) is 19.2 Å². The van der Waals surface area contributed by atoms with Gasteiger partial charge in [0.25, 0.3) is 0 Å². The van der Waals surface area contributed by atoms with Gasteiger partial charge in [0.1, 0.15) is 12.1 Å². The van der Waals surface area contributed by atoms with Crippen LogP contribution in [0.4, 0.5) is 0 Å². The van der Waals surface area contributed by atoms with Crippen LogP contribution >= 0.6 is 0 Å². The van der Waals surface area contributed by atoms with Gasteiger partial charge in [-0.3, -0.25) is 19.2 Å². The van der Waals surface area contributed by atoms with E-state index in [1.807, 2.05) is 0 Å². The molecule has 35 heavy (non-hydrogen) atoms. The Morgan fingerprint density at radius 2 is 1.60 bits per heavy atom. The van der Waals surface area contributed by atoms with Gasteiger partial charge in [-0.15, -0.1) is 0 Å². The predicted molar refractivity (Wildman–Crippen MR) is 125 cm³/mol. The van der Waals surface area contributed by atoms with Crippen molar-refractivity contribution in [2.45, 2.75) is 50.6 Å². The number of hydrogen-bond acceptors (Lipinski definition) is 7. The minimum Gasteiger partial charge on any atom is -0.368 e. The molecule has 2 saturated heterocycles. The molecule has 2 heterocycles. The molecule has 3 N–H and O–H groups in total. The summed E-state index contributed by atoms with van der Waals surface area (Å²) in [4.78, 5) is 60.6. The number of nitrogens with zero attached hydrogens (tertiary/aromatic N) is 9. The van der Waals surface area contributed by atoms with Crippen LogP contribution in [0.5, 0.6) is 0 Å². The first-order chi connectivity index (χ1) is 16.9. The zero-order valence-corrected chi connectivity index (χ0v) is 19.8. The molecule has 0 aromatic heterocycles. The van der Waals surface area contributed by atoms with Gasteiger partial charge < -0.3 is 25.8 Å².